The lowest BCUT2D eigenvalue weighted by Crippen LogP contribution is -2.49. The maximum Gasteiger partial charge on any atom is 0.222 e. The smallest absolute Gasteiger partial charge is 0.222 e. The van der Waals surface area contributed by atoms with Crippen LogP contribution in [0, 0.1) is 11.3 Å². The number of hydrogen-bond acceptors (Lipinski definition) is 8. The number of nitriles is 1. The highest BCUT2D eigenvalue weighted by molar-refractivity contribution is 6.06. The lowest BCUT2D eigenvalue weighted by atomic mass is 10.1. The number of anilines is 1. The molecule has 1 aromatic carbocycles. The number of carbonyl (C=O) groups excluding carboxylic acids is 1. The molecule has 33 heavy (non-hydrogen) atoms. The number of nitrogens with one attached hydrogen (secondary N) is 1. The molecule has 0 atom stereocenters. The second kappa shape index (κ2) is 8.78. The second-order valence-electron chi connectivity index (χ2n) is 8.03. The summed E-state index contributed by atoms with van der Waals surface area (Å²) in [4.78, 5) is 32.8. The Balaban J connectivity index is 1.58. The number of piperazine rings is 1. The molecule has 0 unspecified atom stereocenters. The maximum atomic E-state index is 12.6. The zero-order chi connectivity index (χ0) is 22.8. The van der Waals surface area contributed by atoms with Gasteiger partial charge in [-0.2, -0.15) is 5.26 Å². The van der Waals surface area contributed by atoms with Gasteiger partial charge >= 0.3 is 0 Å². The number of aliphatic imine (C=N–C) groups is 1. The van der Waals surface area contributed by atoms with Crippen molar-refractivity contribution in [2.75, 3.05) is 37.7 Å². The first-order valence-corrected chi connectivity index (χ1v) is 10.9. The molecule has 4 bridgehead atoms. The SMILES string of the molecule is N#Cc1ccc2cc1OCCCCC(=O)N1CCN(CC1)c1ncnc3[nH]c(O)c(c13)C=N2. The zero-order valence-electron chi connectivity index (χ0n) is 18.0. The summed E-state index contributed by atoms with van der Waals surface area (Å²) in [6, 6.07) is 7.21. The van der Waals surface area contributed by atoms with E-state index < -0.39 is 0 Å². The highest BCUT2D eigenvalue weighted by atomic mass is 16.5. The number of aromatic amines is 1. The summed E-state index contributed by atoms with van der Waals surface area (Å²) < 4.78 is 5.83. The van der Waals surface area contributed by atoms with Gasteiger partial charge in [0.1, 0.15) is 29.6 Å². The zero-order valence-corrected chi connectivity index (χ0v) is 18.0. The first-order chi connectivity index (χ1) is 16.1. The van der Waals surface area contributed by atoms with Crippen molar-refractivity contribution < 1.29 is 14.6 Å². The van der Waals surface area contributed by atoms with Crippen molar-refractivity contribution in [1.82, 2.24) is 19.9 Å². The fourth-order valence-corrected chi connectivity index (χ4v) is 4.21. The van der Waals surface area contributed by atoms with E-state index in [1.165, 1.54) is 6.33 Å². The third kappa shape index (κ3) is 4.05. The first-order valence-electron chi connectivity index (χ1n) is 10.9. The summed E-state index contributed by atoms with van der Waals surface area (Å²) in [5.74, 6) is 1.22. The fourth-order valence-electron chi connectivity index (χ4n) is 4.21. The van der Waals surface area contributed by atoms with Gasteiger partial charge in [-0.1, -0.05) is 0 Å². The molecule has 0 saturated carbocycles. The molecular formula is C23H23N7O3. The minimum absolute atomic E-state index is 0.0520. The monoisotopic (exact) mass is 445 g/mol. The Hall–Kier alpha value is -4.13. The van der Waals surface area contributed by atoms with Crippen LogP contribution in [0.3, 0.4) is 0 Å². The molecular weight excluding hydrogens is 422 g/mol. The molecule has 10 heteroatoms. The van der Waals surface area contributed by atoms with E-state index in [9.17, 15) is 15.2 Å². The number of nitrogens with zero attached hydrogens (tertiary/aromatic N) is 6. The van der Waals surface area contributed by atoms with Crippen LogP contribution >= 0.6 is 0 Å². The van der Waals surface area contributed by atoms with Crippen LogP contribution in [-0.4, -0.2) is 69.9 Å². The van der Waals surface area contributed by atoms with Crippen LogP contribution in [0.5, 0.6) is 11.6 Å². The van der Waals surface area contributed by atoms with Crippen LogP contribution in [0.15, 0.2) is 29.5 Å². The second-order valence-corrected chi connectivity index (χ2v) is 8.03. The number of carbonyl (C=O) groups is 1. The van der Waals surface area contributed by atoms with Gasteiger partial charge < -0.3 is 24.6 Å². The Morgan fingerprint density at radius 2 is 1.94 bits per heavy atom. The predicted molar refractivity (Wildman–Crippen MR) is 122 cm³/mol. The van der Waals surface area contributed by atoms with E-state index in [4.69, 9.17) is 4.74 Å². The van der Waals surface area contributed by atoms with Gasteiger partial charge in [0.2, 0.25) is 5.91 Å². The normalized spacial score (nSPS) is 16.9. The van der Waals surface area contributed by atoms with Crippen molar-refractivity contribution in [3.63, 3.8) is 0 Å². The van der Waals surface area contributed by atoms with E-state index in [1.54, 1.807) is 24.4 Å². The molecule has 1 saturated heterocycles. The van der Waals surface area contributed by atoms with Crippen LogP contribution in [0.1, 0.15) is 30.4 Å². The molecule has 3 aliphatic rings. The molecule has 2 aromatic heterocycles. The molecule has 3 aromatic rings. The van der Waals surface area contributed by atoms with Crippen molar-refractivity contribution >= 4 is 34.7 Å². The van der Waals surface area contributed by atoms with Gasteiger partial charge in [0.05, 0.1) is 28.8 Å². The number of amides is 1. The number of rotatable bonds is 0. The van der Waals surface area contributed by atoms with Gasteiger partial charge in [0.25, 0.3) is 0 Å². The Morgan fingerprint density at radius 3 is 2.76 bits per heavy atom. The van der Waals surface area contributed by atoms with E-state index in [0.29, 0.717) is 85.0 Å². The molecule has 3 aliphatic heterocycles. The molecule has 10 nitrogen and oxygen atoms in total. The van der Waals surface area contributed by atoms with Crippen LogP contribution in [0.4, 0.5) is 11.5 Å². The Kier molecular flexibility index (Phi) is 5.52. The third-order valence-electron chi connectivity index (χ3n) is 5.99. The van der Waals surface area contributed by atoms with Crippen LogP contribution in [0.2, 0.25) is 0 Å². The summed E-state index contributed by atoms with van der Waals surface area (Å²) in [6.07, 6.45) is 4.92. The lowest BCUT2D eigenvalue weighted by Gasteiger charge is -2.35. The van der Waals surface area contributed by atoms with E-state index in [1.807, 2.05) is 4.90 Å². The summed E-state index contributed by atoms with van der Waals surface area (Å²) in [5.41, 5.74) is 1.99. The van der Waals surface area contributed by atoms with Gasteiger partial charge in [-0.05, 0) is 25.0 Å². The van der Waals surface area contributed by atoms with Gasteiger partial charge in [0.15, 0.2) is 5.88 Å². The van der Waals surface area contributed by atoms with Gasteiger partial charge in [0, 0.05) is 44.9 Å². The number of fused-ring (bicyclic) bond motifs is 7. The molecule has 0 spiro atoms. The predicted octanol–water partition coefficient (Wildman–Crippen LogP) is 2.50. The summed E-state index contributed by atoms with van der Waals surface area (Å²) in [5, 5.41) is 20.6. The highest BCUT2D eigenvalue weighted by Crippen LogP contribution is 2.33. The maximum absolute atomic E-state index is 12.6. The number of H-pyrrole nitrogens is 1. The van der Waals surface area contributed by atoms with E-state index >= 15 is 0 Å². The van der Waals surface area contributed by atoms with Crippen molar-refractivity contribution in [3.8, 4) is 17.7 Å². The summed E-state index contributed by atoms with van der Waals surface area (Å²) >= 11 is 0. The van der Waals surface area contributed by atoms with Crippen molar-refractivity contribution in [2.45, 2.75) is 19.3 Å². The Morgan fingerprint density at radius 1 is 1.12 bits per heavy atom. The minimum atomic E-state index is -0.0520. The van der Waals surface area contributed by atoms with Gasteiger partial charge in [-0.15, -0.1) is 0 Å². The van der Waals surface area contributed by atoms with E-state index in [0.717, 1.165) is 6.42 Å². The fraction of sp³-hybridized carbons (Fsp3) is 0.348. The average molecular weight is 445 g/mol. The summed E-state index contributed by atoms with van der Waals surface area (Å²) in [6.45, 7) is 2.91. The molecule has 5 heterocycles. The minimum Gasteiger partial charge on any atom is -0.494 e. The molecule has 2 N–H and O–H groups in total. The number of hydrogen-bond donors (Lipinski definition) is 2. The first kappa shape index (κ1) is 20.8. The number of ether oxygens (including phenoxy) is 1. The van der Waals surface area contributed by atoms with Crippen molar-refractivity contribution in [2.24, 2.45) is 4.99 Å². The number of aromatic nitrogens is 3. The van der Waals surface area contributed by atoms with Crippen LogP contribution in [-0.2, 0) is 4.79 Å². The van der Waals surface area contributed by atoms with Crippen LogP contribution < -0.4 is 9.64 Å². The summed E-state index contributed by atoms with van der Waals surface area (Å²) in [7, 11) is 0. The molecule has 0 aliphatic carbocycles. The highest BCUT2D eigenvalue weighted by Gasteiger charge is 2.25. The molecule has 1 fully saturated rings. The molecule has 0 radical (unpaired) electrons. The van der Waals surface area contributed by atoms with Crippen LogP contribution in [0.25, 0.3) is 11.0 Å². The van der Waals surface area contributed by atoms with E-state index in [-0.39, 0.29) is 11.8 Å². The standard InChI is InChI=1S/C23H23N7O3/c24-12-15-4-5-16-11-18(15)33-10-2-1-3-19(31)29-6-8-30(9-7-29)22-20-17(13-25-16)23(32)28-21(20)26-14-27-22/h4-5,11,13-14,32H,1-3,6-10H2,(H,26,27,28). The quantitative estimate of drug-likeness (QED) is 0.543. The molecule has 6 rings (SSSR count). The Labute approximate surface area is 190 Å². The number of benzene rings is 1. The van der Waals surface area contributed by atoms with Gasteiger partial charge in [-0.25, -0.2) is 9.97 Å². The lowest BCUT2D eigenvalue weighted by molar-refractivity contribution is -0.131. The average Bonchev–Trinajstić information content (AvgIpc) is 3.17. The Bertz CT molecular complexity index is 1270. The number of aromatic hydroxyl groups is 1. The largest absolute Gasteiger partial charge is 0.494 e. The van der Waals surface area contributed by atoms with E-state index in [2.05, 4.69) is 30.9 Å². The van der Waals surface area contributed by atoms with Gasteiger partial charge in [-0.3, -0.25) is 9.79 Å². The van der Waals surface area contributed by atoms with Crippen molar-refractivity contribution in [1.29, 1.82) is 5.26 Å². The molecule has 168 valence electrons. The topological polar surface area (TPSA) is 131 Å². The third-order valence-corrected chi connectivity index (χ3v) is 5.99. The molecule has 1 amide bonds. The van der Waals surface area contributed by atoms with Crippen molar-refractivity contribution in [3.05, 3.63) is 35.7 Å².